The summed E-state index contributed by atoms with van der Waals surface area (Å²) >= 11 is 0. The lowest BCUT2D eigenvalue weighted by atomic mass is 10.0. The third-order valence-electron chi connectivity index (χ3n) is 3.94. The molecule has 21 heavy (non-hydrogen) atoms. The second-order valence-electron chi connectivity index (χ2n) is 5.41. The van der Waals surface area contributed by atoms with Gasteiger partial charge in [-0.15, -0.1) is 10.2 Å². The number of aryl methyl sites for hydroxylation is 1. The van der Waals surface area contributed by atoms with Crippen molar-refractivity contribution in [1.29, 1.82) is 0 Å². The van der Waals surface area contributed by atoms with Gasteiger partial charge in [0, 0.05) is 18.7 Å². The Morgan fingerprint density at radius 1 is 1.24 bits per heavy atom. The van der Waals surface area contributed by atoms with E-state index in [1.165, 1.54) is 12.8 Å². The second kappa shape index (κ2) is 6.72. The van der Waals surface area contributed by atoms with Crippen LogP contribution < -0.4 is 5.32 Å². The molecule has 3 rings (SSSR count). The van der Waals surface area contributed by atoms with Gasteiger partial charge in [-0.25, -0.2) is 0 Å². The molecule has 5 nitrogen and oxygen atoms in total. The summed E-state index contributed by atoms with van der Waals surface area (Å²) in [6.45, 7) is 3.90. The van der Waals surface area contributed by atoms with Gasteiger partial charge in [0.1, 0.15) is 0 Å². The zero-order valence-corrected chi connectivity index (χ0v) is 12.5. The van der Waals surface area contributed by atoms with E-state index in [9.17, 15) is 0 Å². The number of likely N-dealkylation sites (tertiary alicyclic amines) is 1. The standard InChI is InChI=1S/C16H22N4O/c1-2-15-18-19-16(21-15)14-10-6-7-11-20(14)12-17-13-8-4-3-5-9-13/h3-5,8-9,14,17H,2,6-7,10-12H2,1H3/t14-/m0/s1. The van der Waals surface area contributed by atoms with Crippen LogP contribution in [0.1, 0.15) is 44.0 Å². The summed E-state index contributed by atoms with van der Waals surface area (Å²) in [7, 11) is 0. The third kappa shape index (κ3) is 3.42. The van der Waals surface area contributed by atoms with E-state index in [4.69, 9.17) is 4.42 Å². The summed E-state index contributed by atoms with van der Waals surface area (Å²) in [5.41, 5.74) is 1.14. The number of para-hydroxylation sites is 1. The van der Waals surface area contributed by atoms with Crippen LogP contribution >= 0.6 is 0 Å². The molecule has 1 aromatic heterocycles. The maximum Gasteiger partial charge on any atom is 0.233 e. The molecule has 1 atom stereocenters. The topological polar surface area (TPSA) is 54.2 Å². The summed E-state index contributed by atoms with van der Waals surface area (Å²) in [6, 6.07) is 10.5. The molecule has 0 unspecified atom stereocenters. The quantitative estimate of drug-likeness (QED) is 0.914. The molecule has 1 aliphatic rings. The van der Waals surface area contributed by atoms with Crippen molar-refractivity contribution in [2.24, 2.45) is 0 Å². The van der Waals surface area contributed by atoms with Crippen molar-refractivity contribution in [2.45, 2.75) is 38.6 Å². The van der Waals surface area contributed by atoms with Crippen LogP contribution in [0.3, 0.4) is 0 Å². The Kier molecular flexibility index (Phi) is 4.50. The Morgan fingerprint density at radius 3 is 2.86 bits per heavy atom. The van der Waals surface area contributed by atoms with E-state index in [0.717, 1.165) is 43.5 Å². The van der Waals surface area contributed by atoms with E-state index < -0.39 is 0 Å². The molecular weight excluding hydrogens is 264 g/mol. The molecule has 1 aromatic carbocycles. The molecule has 0 aliphatic carbocycles. The minimum Gasteiger partial charge on any atom is -0.424 e. The predicted octanol–water partition coefficient (Wildman–Crippen LogP) is 3.23. The van der Waals surface area contributed by atoms with Crippen LogP contribution in [0.25, 0.3) is 0 Å². The number of benzene rings is 1. The van der Waals surface area contributed by atoms with E-state index in [2.05, 4.69) is 32.5 Å². The molecule has 0 saturated carbocycles. The highest BCUT2D eigenvalue weighted by Gasteiger charge is 2.28. The van der Waals surface area contributed by atoms with Gasteiger partial charge < -0.3 is 9.73 Å². The number of piperidine rings is 1. The van der Waals surface area contributed by atoms with Crippen molar-refractivity contribution in [3.05, 3.63) is 42.1 Å². The lowest BCUT2D eigenvalue weighted by molar-refractivity contribution is 0.134. The Hall–Kier alpha value is -1.88. The molecule has 0 spiro atoms. The largest absolute Gasteiger partial charge is 0.424 e. The van der Waals surface area contributed by atoms with Gasteiger partial charge >= 0.3 is 0 Å². The van der Waals surface area contributed by atoms with Crippen molar-refractivity contribution >= 4 is 5.69 Å². The average molecular weight is 286 g/mol. The molecule has 1 N–H and O–H groups in total. The first-order chi connectivity index (χ1) is 10.4. The summed E-state index contributed by atoms with van der Waals surface area (Å²) in [4.78, 5) is 2.39. The maximum absolute atomic E-state index is 5.76. The molecule has 0 amide bonds. The highest BCUT2D eigenvalue weighted by Crippen LogP contribution is 2.29. The van der Waals surface area contributed by atoms with Gasteiger partial charge in [-0.05, 0) is 25.0 Å². The van der Waals surface area contributed by atoms with Gasteiger partial charge in [-0.2, -0.15) is 0 Å². The number of nitrogens with zero attached hydrogens (tertiary/aromatic N) is 3. The molecule has 1 fully saturated rings. The fourth-order valence-electron chi connectivity index (χ4n) is 2.75. The van der Waals surface area contributed by atoms with Crippen molar-refractivity contribution in [3.8, 4) is 0 Å². The zero-order valence-electron chi connectivity index (χ0n) is 12.5. The number of aromatic nitrogens is 2. The molecule has 5 heteroatoms. The van der Waals surface area contributed by atoms with E-state index in [1.54, 1.807) is 0 Å². The van der Waals surface area contributed by atoms with Crippen LogP contribution in [-0.4, -0.2) is 28.3 Å². The van der Waals surface area contributed by atoms with Gasteiger partial charge in [0.25, 0.3) is 0 Å². The van der Waals surface area contributed by atoms with Crippen LogP contribution in [0.5, 0.6) is 0 Å². The van der Waals surface area contributed by atoms with Crippen molar-refractivity contribution < 1.29 is 4.42 Å². The molecule has 2 heterocycles. The fraction of sp³-hybridized carbons (Fsp3) is 0.500. The minimum absolute atomic E-state index is 0.239. The molecule has 0 radical (unpaired) electrons. The number of anilines is 1. The van der Waals surface area contributed by atoms with Crippen LogP contribution in [-0.2, 0) is 6.42 Å². The molecular formula is C16H22N4O. The monoisotopic (exact) mass is 286 g/mol. The number of hydrogen-bond donors (Lipinski definition) is 1. The summed E-state index contributed by atoms with van der Waals surface area (Å²) in [5.74, 6) is 1.49. The second-order valence-corrected chi connectivity index (χ2v) is 5.41. The Balaban J connectivity index is 1.66. The highest BCUT2D eigenvalue weighted by atomic mass is 16.4. The first-order valence-electron chi connectivity index (χ1n) is 7.72. The van der Waals surface area contributed by atoms with Crippen molar-refractivity contribution in [1.82, 2.24) is 15.1 Å². The van der Waals surface area contributed by atoms with Gasteiger partial charge in [0.05, 0.1) is 12.7 Å². The van der Waals surface area contributed by atoms with Crippen molar-refractivity contribution in [3.63, 3.8) is 0 Å². The van der Waals surface area contributed by atoms with Gasteiger partial charge in [0.15, 0.2) is 0 Å². The van der Waals surface area contributed by atoms with Crippen molar-refractivity contribution in [2.75, 3.05) is 18.5 Å². The maximum atomic E-state index is 5.76. The number of hydrogen-bond acceptors (Lipinski definition) is 5. The fourth-order valence-corrected chi connectivity index (χ4v) is 2.75. The summed E-state index contributed by atoms with van der Waals surface area (Å²) in [5, 5.41) is 11.8. The Morgan fingerprint density at radius 2 is 2.10 bits per heavy atom. The number of nitrogens with one attached hydrogen (secondary N) is 1. The first kappa shape index (κ1) is 14.1. The molecule has 112 valence electrons. The smallest absolute Gasteiger partial charge is 0.233 e. The summed E-state index contributed by atoms with van der Waals surface area (Å²) in [6.07, 6.45) is 4.32. The molecule has 1 aliphatic heterocycles. The van der Waals surface area contributed by atoms with E-state index >= 15 is 0 Å². The normalized spacial score (nSPS) is 19.6. The average Bonchev–Trinajstić information content (AvgIpc) is 3.03. The molecule has 0 bridgehead atoms. The van der Waals surface area contributed by atoms with Crippen LogP contribution in [0, 0.1) is 0 Å². The Labute approximate surface area is 125 Å². The molecule has 1 saturated heterocycles. The van der Waals surface area contributed by atoms with E-state index in [1.807, 2.05) is 25.1 Å². The van der Waals surface area contributed by atoms with Crippen LogP contribution in [0.4, 0.5) is 5.69 Å². The van der Waals surface area contributed by atoms with Gasteiger partial charge in [-0.1, -0.05) is 31.5 Å². The number of rotatable bonds is 5. The summed E-state index contributed by atoms with van der Waals surface area (Å²) < 4.78 is 5.76. The van der Waals surface area contributed by atoms with E-state index in [-0.39, 0.29) is 6.04 Å². The van der Waals surface area contributed by atoms with Gasteiger partial charge in [-0.3, -0.25) is 4.90 Å². The SMILES string of the molecule is CCc1nnc([C@@H]2CCCCN2CNc2ccccc2)o1. The zero-order chi connectivity index (χ0) is 14.5. The Bertz CT molecular complexity index is 554. The van der Waals surface area contributed by atoms with Crippen LogP contribution in [0.15, 0.2) is 34.7 Å². The first-order valence-corrected chi connectivity index (χ1v) is 7.72. The van der Waals surface area contributed by atoms with E-state index in [0.29, 0.717) is 0 Å². The lowest BCUT2D eigenvalue weighted by Crippen LogP contribution is -2.37. The highest BCUT2D eigenvalue weighted by molar-refractivity contribution is 5.42. The van der Waals surface area contributed by atoms with Gasteiger partial charge in [0.2, 0.25) is 11.8 Å². The third-order valence-corrected chi connectivity index (χ3v) is 3.94. The molecule has 2 aromatic rings. The predicted molar refractivity (Wildman–Crippen MR) is 81.9 cm³/mol. The van der Waals surface area contributed by atoms with Crippen LogP contribution in [0.2, 0.25) is 0 Å². The lowest BCUT2D eigenvalue weighted by Gasteiger charge is -2.33. The minimum atomic E-state index is 0.239.